The molecule has 160 valence electrons. The molecule has 1 aromatic carbocycles. The minimum absolute atomic E-state index is 0.149. The highest BCUT2D eigenvalue weighted by atomic mass is 16.8. The van der Waals surface area contributed by atoms with Gasteiger partial charge in [0.2, 0.25) is 13.1 Å². The Morgan fingerprint density at radius 3 is 2.62 bits per heavy atom. The van der Waals surface area contributed by atoms with Gasteiger partial charge in [-0.05, 0) is 31.0 Å². The van der Waals surface area contributed by atoms with Gasteiger partial charge in [-0.3, -0.25) is 0 Å². The van der Waals surface area contributed by atoms with Crippen LogP contribution < -0.4 is 9.47 Å². The van der Waals surface area contributed by atoms with E-state index in [2.05, 4.69) is 0 Å². The largest absolute Gasteiger partial charge is 0.511 e. The predicted octanol–water partition coefficient (Wildman–Crippen LogP) is 3.09. The number of nitrogens with zero attached hydrogens (tertiary/aromatic N) is 1. The van der Waals surface area contributed by atoms with E-state index in [1.54, 1.807) is 7.05 Å². The Balaban J connectivity index is 1.43. The van der Waals surface area contributed by atoms with E-state index in [4.69, 9.17) is 28.4 Å². The molecule has 1 fully saturated rings. The lowest BCUT2D eigenvalue weighted by Gasteiger charge is -2.26. The highest BCUT2D eigenvalue weighted by molar-refractivity contribution is 5.68. The number of hydrogen-bond donors (Lipinski definition) is 0. The Labute approximate surface area is 169 Å². The van der Waals surface area contributed by atoms with Crippen molar-refractivity contribution in [3.05, 3.63) is 23.8 Å². The van der Waals surface area contributed by atoms with Crippen molar-refractivity contribution in [2.45, 2.75) is 51.5 Å². The van der Waals surface area contributed by atoms with Crippen molar-refractivity contribution < 1.29 is 38.0 Å². The second-order valence-electron chi connectivity index (χ2n) is 7.10. The molecule has 1 amide bonds. The van der Waals surface area contributed by atoms with Gasteiger partial charge in [0.05, 0.1) is 13.2 Å². The van der Waals surface area contributed by atoms with Crippen LogP contribution in [-0.4, -0.2) is 62.6 Å². The van der Waals surface area contributed by atoms with Crippen molar-refractivity contribution in [3.63, 3.8) is 0 Å². The van der Waals surface area contributed by atoms with Crippen molar-refractivity contribution in [3.8, 4) is 11.5 Å². The van der Waals surface area contributed by atoms with Crippen LogP contribution in [0.5, 0.6) is 11.5 Å². The third-order valence-electron chi connectivity index (χ3n) is 4.88. The van der Waals surface area contributed by atoms with Gasteiger partial charge in [-0.1, -0.05) is 6.07 Å². The van der Waals surface area contributed by atoms with Crippen molar-refractivity contribution >= 4 is 12.2 Å². The molecule has 0 radical (unpaired) electrons. The van der Waals surface area contributed by atoms with Crippen LogP contribution in [0, 0.1) is 0 Å². The average Bonchev–Trinajstić information content (AvgIpc) is 3.15. The summed E-state index contributed by atoms with van der Waals surface area (Å²) < 4.78 is 31.3. The molecular formula is C20H27NO8. The summed E-state index contributed by atoms with van der Waals surface area (Å²) in [7, 11) is 1.63. The lowest BCUT2D eigenvalue weighted by atomic mass is 10.1. The van der Waals surface area contributed by atoms with Gasteiger partial charge in [0, 0.05) is 32.9 Å². The van der Waals surface area contributed by atoms with Crippen molar-refractivity contribution in [1.82, 2.24) is 4.90 Å². The number of amides is 1. The first-order valence-electron chi connectivity index (χ1n) is 9.69. The second-order valence-corrected chi connectivity index (χ2v) is 7.10. The molecule has 3 rings (SSSR count). The molecule has 2 atom stereocenters. The summed E-state index contributed by atoms with van der Waals surface area (Å²) in [5.41, 5.74) is 1.01. The number of carbonyl (C=O) groups is 2. The highest BCUT2D eigenvalue weighted by Crippen LogP contribution is 2.33. The molecule has 0 bridgehead atoms. The van der Waals surface area contributed by atoms with Crippen LogP contribution in [0.3, 0.4) is 0 Å². The molecule has 2 unspecified atom stereocenters. The van der Waals surface area contributed by atoms with E-state index in [0.29, 0.717) is 44.0 Å². The van der Waals surface area contributed by atoms with Gasteiger partial charge < -0.3 is 33.3 Å². The maximum Gasteiger partial charge on any atom is 0.511 e. The summed E-state index contributed by atoms with van der Waals surface area (Å²) in [6.45, 7) is 4.69. The molecule has 0 aromatic heterocycles. The molecule has 0 N–H and O–H groups in total. The molecule has 2 aliphatic rings. The first-order valence-corrected chi connectivity index (χ1v) is 9.69. The van der Waals surface area contributed by atoms with Gasteiger partial charge in [0.15, 0.2) is 11.5 Å². The summed E-state index contributed by atoms with van der Waals surface area (Å²) >= 11 is 0. The number of benzene rings is 1. The summed E-state index contributed by atoms with van der Waals surface area (Å²) in [5, 5.41) is 0. The molecule has 2 heterocycles. The molecule has 0 spiro atoms. The monoisotopic (exact) mass is 409 g/mol. The zero-order valence-corrected chi connectivity index (χ0v) is 16.9. The molecule has 1 saturated heterocycles. The van der Waals surface area contributed by atoms with Crippen LogP contribution in [0.1, 0.15) is 32.3 Å². The lowest BCUT2D eigenvalue weighted by molar-refractivity contribution is -0.0987. The summed E-state index contributed by atoms with van der Waals surface area (Å²) in [6.07, 6.45) is -0.882. The molecule has 9 heteroatoms. The molecule has 1 aromatic rings. The van der Waals surface area contributed by atoms with E-state index in [0.717, 1.165) is 5.56 Å². The fourth-order valence-electron chi connectivity index (χ4n) is 3.07. The Morgan fingerprint density at radius 1 is 1.14 bits per heavy atom. The smallest absolute Gasteiger partial charge is 0.454 e. The fraction of sp³-hybridized carbons (Fsp3) is 0.600. The van der Waals surface area contributed by atoms with E-state index in [1.807, 2.05) is 25.1 Å². The van der Waals surface area contributed by atoms with Gasteiger partial charge in [0.25, 0.3) is 0 Å². The molecule has 0 aliphatic carbocycles. The van der Waals surface area contributed by atoms with Crippen molar-refractivity contribution in [2.75, 3.05) is 27.1 Å². The third kappa shape index (κ3) is 5.90. The van der Waals surface area contributed by atoms with Gasteiger partial charge in [-0.15, -0.1) is 0 Å². The standard InChI is InChI=1S/C20H27NO8/c1-13(10-15-4-5-17-18(11-15)26-12-25-17)21(3)19(22)27-14(2)28-20(23)29-16-6-8-24-9-7-16/h4-5,11,13-14,16H,6-10,12H2,1-3H3. The molecule has 29 heavy (non-hydrogen) atoms. The fourth-order valence-corrected chi connectivity index (χ4v) is 3.07. The average molecular weight is 409 g/mol. The zero-order valence-electron chi connectivity index (χ0n) is 16.9. The minimum Gasteiger partial charge on any atom is -0.454 e. The zero-order chi connectivity index (χ0) is 20.8. The van der Waals surface area contributed by atoms with Gasteiger partial charge in [0.1, 0.15) is 6.10 Å². The lowest BCUT2D eigenvalue weighted by Crippen LogP contribution is -2.39. The van der Waals surface area contributed by atoms with Crippen LogP contribution in [-0.2, 0) is 25.4 Å². The Bertz CT molecular complexity index is 718. The van der Waals surface area contributed by atoms with Crippen LogP contribution in [0.4, 0.5) is 9.59 Å². The SMILES string of the molecule is CC(OC(=O)OC1CCOCC1)OC(=O)N(C)C(C)Cc1ccc2c(c1)OCO2. The summed E-state index contributed by atoms with van der Waals surface area (Å²) in [5.74, 6) is 1.41. The number of ether oxygens (including phenoxy) is 6. The Hall–Kier alpha value is -2.68. The predicted molar refractivity (Wildman–Crippen MR) is 101 cm³/mol. The van der Waals surface area contributed by atoms with E-state index < -0.39 is 18.5 Å². The number of rotatable bonds is 6. The van der Waals surface area contributed by atoms with Crippen LogP contribution >= 0.6 is 0 Å². The van der Waals surface area contributed by atoms with Gasteiger partial charge >= 0.3 is 12.2 Å². The molecule has 0 saturated carbocycles. The first-order chi connectivity index (χ1) is 13.9. The Morgan fingerprint density at radius 2 is 1.86 bits per heavy atom. The van der Waals surface area contributed by atoms with Crippen LogP contribution in [0.25, 0.3) is 0 Å². The van der Waals surface area contributed by atoms with E-state index in [1.165, 1.54) is 11.8 Å². The number of hydrogen-bond acceptors (Lipinski definition) is 8. The van der Waals surface area contributed by atoms with Gasteiger partial charge in [-0.25, -0.2) is 9.59 Å². The maximum atomic E-state index is 12.4. The Kier molecular flexibility index (Phi) is 7.03. The van der Waals surface area contributed by atoms with Crippen molar-refractivity contribution in [1.29, 1.82) is 0 Å². The normalized spacial score (nSPS) is 17.9. The molecule has 2 aliphatic heterocycles. The summed E-state index contributed by atoms with van der Waals surface area (Å²) in [4.78, 5) is 25.6. The maximum absolute atomic E-state index is 12.4. The topological polar surface area (TPSA) is 92.8 Å². The summed E-state index contributed by atoms with van der Waals surface area (Å²) in [6, 6.07) is 5.53. The van der Waals surface area contributed by atoms with Crippen LogP contribution in [0.15, 0.2) is 18.2 Å². The highest BCUT2D eigenvalue weighted by Gasteiger charge is 2.24. The minimum atomic E-state index is -1.06. The van der Waals surface area contributed by atoms with Gasteiger partial charge in [-0.2, -0.15) is 0 Å². The number of carbonyl (C=O) groups excluding carboxylic acids is 2. The molecular weight excluding hydrogens is 382 g/mol. The van der Waals surface area contributed by atoms with E-state index in [9.17, 15) is 9.59 Å². The first kappa shape index (κ1) is 21.0. The molecule has 9 nitrogen and oxygen atoms in total. The number of fused-ring (bicyclic) bond motifs is 1. The van der Waals surface area contributed by atoms with Crippen molar-refractivity contribution in [2.24, 2.45) is 0 Å². The van der Waals surface area contributed by atoms with E-state index >= 15 is 0 Å². The van der Waals surface area contributed by atoms with E-state index in [-0.39, 0.29) is 18.9 Å². The quantitative estimate of drug-likeness (QED) is 0.523. The number of likely N-dealkylation sites (N-methyl/N-ethyl adjacent to an activating group) is 1. The third-order valence-corrected chi connectivity index (χ3v) is 4.88. The second kappa shape index (κ2) is 9.69. The van der Waals surface area contributed by atoms with Crippen LogP contribution in [0.2, 0.25) is 0 Å².